The molecule has 1 amide bonds. The molecule has 0 spiro atoms. The van der Waals surface area contributed by atoms with E-state index in [1.807, 2.05) is 17.0 Å². The van der Waals surface area contributed by atoms with Crippen molar-refractivity contribution in [2.75, 3.05) is 39.3 Å². The average molecular weight is 337 g/mol. The van der Waals surface area contributed by atoms with Gasteiger partial charge in [-0.3, -0.25) is 9.69 Å². The maximum atomic E-state index is 12.3. The molecule has 0 aliphatic carbocycles. The van der Waals surface area contributed by atoms with Gasteiger partial charge in [-0.15, -0.1) is 0 Å². The van der Waals surface area contributed by atoms with Crippen molar-refractivity contribution in [3.63, 3.8) is 0 Å². The van der Waals surface area contributed by atoms with Crippen molar-refractivity contribution in [2.45, 2.75) is 31.8 Å². The van der Waals surface area contributed by atoms with Crippen LogP contribution >= 0.6 is 11.6 Å². The standard InChI is InChI=1S/C18H25ClN2O2/c19-16-7-5-15(6-8-16)3-1-9-20-10-12-21(13-11-20)18(22)17-4-2-14-23-17/h5-8,17H,1-4,9-14H2. The molecule has 0 bridgehead atoms. The zero-order chi connectivity index (χ0) is 16.1. The van der Waals surface area contributed by atoms with Crippen LogP contribution in [0.3, 0.4) is 0 Å². The number of carbonyl (C=O) groups is 1. The van der Waals surface area contributed by atoms with Crippen LogP contribution in [-0.4, -0.2) is 61.1 Å². The van der Waals surface area contributed by atoms with Crippen LogP contribution in [0.15, 0.2) is 24.3 Å². The number of rotatable bonds is 5. The Kier molecular flexibility index (Phi) is 5.92. The summed E-state index contributed by atoms with van der Waals surface area (Å²) in [7, 11) is 0. The molecule has 0 aromatic heterocycles. The highest BCUT2D eigenvalue weighted by molar-refractivity contribution is 6.30. The summed E-state index contributed by atoms with van der Waals surface area (Å²) < 4.78 is 5.50. The summed E-state index contributed by atoms with van der Waals surface area (Å²) in [5, 5.41) is 0.792. The van der Waals surface area contributed by atoms with E-state index in [0.29, 0.717) is 0 Å². The maximum absolute atomic E-state index is 12.3. The topological polar surface area (TPSA) is 32.8 Å². The minimum atomic E-state index is -0.175. The third kappa shape index (κ3) is 4.69. The second-order valence-electron chi connectivity index (χ2n) is 6.40. The Hall–Kier alpha value is -1.10. The minimum absolute atomic E-state index is 0.175. The molecule has 2 fully saturated rings. The first-order chi connectivity index (χ1) is 11.2. The molecular formula is C18H25ClN2O2. The van der Waals surface area contributed by atoms with Gasteiger partial charge in [-0.1, -0.05) is 23.7 Å². The molecule has 0 saturated carbocycles. The third-order valence-electron chi connectivity index (χ3n) is 4.74. The van der Waals surface area contributed by atoms with E-state index < -0.39 is 0 Å². The number of benzene rings is 1. The zero-order valence-corrected chi connectivity index (χ0v) is 14.3. The number of ether oxygens (including phenoxy) is 1. The van der Waals surface area contributed by atoms with E-state index in [1.165, 1.54) is 5.56 Å². The lowest BCUT2D eigenvalue weighted by Crippen LogP contribution is -2.51. The van der Waals surface area contributed by atoms with Crippen molar-refractivity contribution in [1.82, 2.24) is 9.80 Å². The fraction of sp³-hybridized carbons (Fsp3) is 0.611. The summed E-state index contributed by atoms with van der Waals surface area (Å²) in [5.41, 5.74) is 1.33. The normalized spacial score (nSPS) is 22.5. The number of hydrogen-bond donors (Lipinski definition) is 0. The lowest BCUT2D eigenvalue weighted by atomic mass is 10.1. The van der Waals surface area contributed by atoms with Crippen LogP contribution in [0.25, 0.3) is 0 Å². The van der Waals surface area contributed by atoms with Gasteiger partial charge in [0.15, 0.2) is 0 Å². The largest absolute Gasteiger partial charge is 0.368 e. The summed E-state index contributed by atoms with van der Waals surface area (Å²) in [6, 6.07) is 8.10. The van der Waals surface area contributed by atoms with E-state index in [1.54, 1.807) is 0 Å². The smallest absolute Gasteiger partial charge is 0.251 e. The molecule has 3 rings (SSSR count). The fourth-order valence-corrected chi connectivity index (χ4v) is 3.45. The molecule has 1 aromatic rings. The van der Waals surface area contributed by atoms with E-state index in [4.69, 9.17) is 16.3 Å². The number of nitrogens with zero attached hydrogens (tertiary/aromatic N) is 2. The molecular weight excluding hydrogens is 312 g/mol. The summed E-state index contributed by atoms with van der Waals surface area (Å²) in [6.45, 7) is 5.43. The molecule has 0 radical (unpaired) electrons. The SMILES string of the molecule is O=C(C1CCCO1)N1CCN(CCCc2ccc(Cl)cc2)CC1. The predicted molar refractivity (Wildman–Crippen MR) is 91.8 cm³/mol. The molecule has 2 heterocycles. The van der Waals surface area contributed by atoms with Crippen molar-refractivity contribution in [1.29, 1.82) is 0 Å². The van der Waals surface area contributed by atoms with Crippen LogP contribution in [0.2, 0.25) is 5.02 Å². The second-order valence-corrected chi connectivity index (χ2v) is 6.84. The van der Waals surface area contributed by atoms with Crippen LogP contribution in [0.5, 0.6) is 0 Å². The predicted octanol–water partition coefficient (Wildman–Crippen LogP) is 2.60. The summed E-state index contributed by atoms with van der Waals surface area (Å²) in [5.74, 6) is 0.198. The summed E-state index contributed by atoms with van der Waals surface area (Å²) >= 11 is 5.90. The molecule has 2 aliphatic rings. The van der Waals surface area contributed by atoms with Gasteiger partial charge < -0.3 is 9.64 Å². The molecule has 2 saturated heterocycles. The Morgan fingerprint density at radius 1 is 1.17 bits per heavy atom. The Bertz CT molecular complexity index is 506. The highest BCUT2D eigenvalue weighted by atomic mass is 35.5. The number of piperazine rings is 1. The quantitative estimate of drug-likeness (QED) is 0.828. The molecule has 5 heteroatoms. The molecule has 1 unspecified atom stereocenters. The van der Waals surface area contributed by atoms with Crippen LogP contribution in [0.4, 0.5) is 0 Å². The van der Waals surface area contributed by atoms with Crippen molar-refractivity contribution in [3.05, 3.63) is 34.9 Å². The Balaban J connectivity index is 1.36. The molecule has 126 valence electrons. The van der Waals surface area contributed by atoms with Gasteiger partial charge >= 0.3 is 0 Å². The molecule has 2 aliphatic heterocycles. The van der Waals surface area contributed by atoms with Crippen LogP contribution in [-0.2, 0) is 16.0 Å². The number of hydrogen-bond acceptors (Lipinski definition) is 3. The third-order valence-corrected chi connectivity index (χ3v) is 4.99. The Morgan fingerprint density at radius 2 is 1.91 bits per heavy atom. The van der Waals surface area contributed by atoms with Crippen LogP contribution < -0.4 is 0 Å². The fourth-order valence-electron chi connectivity index (χ4n) is 3.33. The lowest BCUT2D eigenvalue weighted by molar-refractivity contribution is -0.142. The van der Waals surface area contributed by atoms with Gasteiger partial charge in [0.2, 0.25) is 0 Å². The lowest BCUT2D eigenvalue weighted by Gasteiger charge is -2.35. The minimum Gasteiger partial charge on any atom is -0.368 e. The maximum Gasteiger partial charge on any atom is 0.251 e. The first-order valence-electron chi connectivity index (χ1n) is 8.59. The van der Waals surface area contributed by atoms with Gasteiger partial charge in [-0.05, 0) is 49.9 Å². The zero-order valence-electron chi connectivity index (χ0n) is 13.5. The molecule has 1 atom stereocenters. The van der Waals surface area contributed by atoms with Gasteiger partial charge in [0, 0.05) is 37.8 Å². The molecule has 23 heavy (non-hydrogen) atoms. The Labute approximate surface area is 143 Å². The van der Waals surface area contributed by atoms with Crippen molar-refractivity contribution in [3.8, 4) is 0 Å². The number of halogens is 1. The van der Waals surface area contributed by atoms with Crippen molar-refractivity contribution >= 4 is 17.5 Å². The van der Waals surface area contributed by atoms with E-state index in [-0.39, 0.29) is 12.0 Å². The first kappa shape index (κ1) is 16.7. The van der Waals surface area contributed by atoms with Gasteiger partial charge in [-0.2, -0.15) is 0 Å². The van der Waals surface area contributed by atoms with E-state index in [0.717, 1.165) is 70.0 Å². The summed E-state index contributed by atoms with van der Waals surface area (Å²) in [4.78, 5) is 16.7. The highest BCUT2D eigenvalue weighted by Gasteiger charge is 2.30. The van der Waals surface area contributed by atoms with Gasteiger partial charge in [0.05, 0.1) is 0 Å². The van der Waals surface area contributed by atoms with E-state index in [2.05, 4.69) is 17.0 Å². The first-order valence-corrected chi connectivity index (χ1v) is 8.97. The molecule has 0 N–H and O–H groups in total. The number of aryl methyl sites for hydroxylation is 1. The Morgan fingerprint density at radius 3 is 2.57 bits per heavy atom. The average Bonchev–Trinajstić information content (AvgIpc) is 3.11. The van der Waals surface area contributed by atoms with Crippen LogP contribution in [0.1, 0.15) is 24.8 Å². The second kappa shape index (κ2) is 8.13. The number of amides is 1. The van der Waals surface area contributed by atoms with Crippen LogP contribution in [0, 0.1) is 0 Å². The molecule has 4 nitrogen and oxygen atoms in total. The van der Waals surface area contributed by atoms with Crippen molar-refractivity contribution < 1.29 is 9.53 Å². The van der Waals surface area contributed by atoms with Crippen molar-refractivity contribution in [2.24, 2.45) is 0 Å². The van der Waals surface area contributed by atoms with Gasteiger partial charge in [-0.25, -0.2) is 0 Å². The van der Waals surface area contributed by atoms with E-state index in [9.17, 15) is 4.79 Å². The number of carbonyl (C=O) groups excluding carboxylic acids is 1. The summed E-state index contributed by atoms with van der Waals surface area (Å²) in [6.07, 6.45) is 3.95. The van der Waals surface area contributed by atoms with Gasteiger partial charge in [0.1, 0.15) is 6.10 Å². The molecule has 1 aromatic carbocycles. The van der Waals surface area contributed by atoms with Gasteiger partial charge in [0.25, 0.3) is 5.91 Å². The highest BCUT2D eigenvalue weighted by Crippen LogP contribution is 2.16. The monoisotopic (exact) mass is 336 g/mol. The van der Waals surface area contributed by atoms with E-state index >= 15 is 0 Å².